The molecule has 0 aliphatic rings. The summed E-state index contributed by atoms with van der Waals surface area (Å²) in [6.07, 6.45) is 1.75. The van der Waals surface area contributed by atoms with Gasteiger partial charge in [-0.15, -0.1) is 0 Å². The second-order valence-electron chi connectivity index (χ2n) is 7.19. The zero-order chi connectivity index (χ0) is 22.0. The first kappa shape index (κ1) is 20.5. The number of benzene rings is 2. The van der Waals surface area contributed by atoms with Crippen molar-refractivity contribution in [1.29, 1.82) is 0 Å². The van der Waals surface area contributed by atoms with Crippen LogP contribution in [0.15, 0.2) is 66.9 Å². The number of imidazole rings is 1. The smallest absolute Gasteiger partial charge is 0.320 e. The fourth-order valence-electron chi connectivity index (χ4n) is 3.47. The summed E-state index contributed by atoms with van der Waals surface area (Å²) in [6.45, 7) is 0.779. The molecule has 2 aromatic heterocycles. The number of nitrogens with one attached hydrogen (secondary N) is 2. The lowest BCUT2D eigenvalue weighted by molar-refractivity contribution is 0.0700. The molecular formula is C23H21F2N5O. The molecule has 1 atom stereocenters. The van der Waals surface area contributed by atoms with Gasteiger partial charge in [0, 0.05) is 17.6 Å². The maximum absolute atomic E-state index is 13.6. The number of pyridine rings is 1. The van der Waals surface area contributed by atoms with Gasteiger partial charge in [0.1, 0.15) is 5.82 Å². The number of rotatable bonds is 5. The number of hydrogen-bond donors (Lipinski definition) is 2. The van der Waals surface area contributed by atoms with Gasteiger partial charge in [-0.3, -0.25) is 9.55 Å². The Kier molecular flexibility index (Phi) is 5.62. The molecule has 2 N–H and O–H groups in total. The second-order valence-corrected chi connectivity index (χ2v) is 7.19. The van der Waals surface area contributed by atoms with Crippen LogP contribution in [0.5, 0.6) is 0 Å². The average Bonchev–Trinajstić information content (AvgIpc) is 3.14. The molecule has 0 aliphatic heterocycles. The molecule has 158 valence electrons. The van der Waals surface area contributed by atoms with Crippen molar-refractivity contribution in [2.45, 2.75) is 26.4 Å². The Bertz CT molecular complexity index is 1220. The van der Waals surface area contributed by atoms with Crippen LogP contribution in [0.3, 0.4) is 0 Å². The molecular weight excluding hydrogens is 400 g/mol. The molecule has 6 nitrogen and oxygen atoms in total. The zero-order valence-corrected chi connectivity index (χ0v) is 17.0. The Morgan fingerprint density at radius 2 is 1.77 bits per heavy atom. The molecule has 2 aromatic carbocycles. The van der Waals surface area contributed by atoms with E-state index in [2.05, 4.69) is 20.6 Å². The van der Waals surface area contributed by atoms with Crippen LogP contribution in [0.4, 0.5) is 19.3 Å². The number of anilines is 1. The van der Waals surface area contributed by atoms with Crippen molar-refractivity contribution in [3.63, 3.8) is 0 Å². The normalized spacial score (nSPS) is 12.2. The largest absolute Gasteiger partial charge is 0.328 e. The highest BCUT2D eigenvalue weighted by Gasteiger charge is 2.22. The highest BCUT2D eigenvalue weighted by molar-refractivity contribution is 5.90. The molecule has 0 saturated heterocycles. The number of halogens is 2. The van der Waals surface area contributed by atoms with Gasteiger partial charge in [-0.25, -0.2) is 9.78 Å². The van der Waals surface area contributed by atoms with E-state index in [1.54, 1.807) is 49.5 Å². The van der Waals surface area contributed by atoms with Crippen LogP contribution in [-0.2, 0) is 0 Å². The van der Waals surface area contributed by atoms with Crippen LogP contribution >= 0.6 is 0 Å². The standard InChI is InChI=1S/C23H21F2N5O/c1-14-13-17(11-12-26-14)16-7-9-18(10-8-16)28-23(31)27-15(2)21-29-19-5-3-4-6-20(19)30(21)22(24)25/h3-13,15,22H,1-2H3,(H2,27,28,31). The summed E-state index contributed by atoms with van der Waals surface area (Å²) in [5, 5.41) is 5.41. The van der Waals surface area contributed by atoms with Gasteiger partial charge in [-0.1, -0.05) is 24.3 Å². The molecule has 0 bridgehead atoms. The number of alkyl halides is 2. The molecule has 4 rings (SSSR count). The van der Waals surface area contributed by atoms with Crippen LogP contribution in [0.2, 0.25) is 0 Å². The van der Waals surface area contributed by atoms with E-state index in [9.17, 15) is 13.6 Å². The minimum Gasteiger partial charge on any atom is -0.328 e. The molecule has 0 fully saturated rings. The summed E-state index contributed by atoms with van der Waals surface area (Å²) in [4.78, 5) is 20.9. The van der Waals surface area contributed by atoms with Gasteiger partial charge in [-0.05, 0) is 61.4 Å². The lowest BCUT2D eigenvalue weighted by Gasteiger charge is -2.16. The van der Waals surface area contributed by atoms with Crippen LogP contribution < -0.4 is 10.6 Å². The van der Waals surface area contributed by atoms with E-state index in [1.807, 2.05) is 31.2 Å². The number of fused-ring (bicyclic) bond motifs is 1. The lowest BCUT2D eigenvalue weighted by Crippen LogP contribution is -2.32. The molecule has 2 amide bonds. The monoisotopic (exact) mass is 421 g/mol. The summed E-state index contributed by atoms with van der Waals surface area (Å²) < 4.78 is 28.1. The third kappa shape index (κ3) is 4.37. The van der Waals surface area contributed by atoms with Crippen LogP contribution in [0.25, 0.3) is 22.2 Å². The number of hydrogen-bond acceptors (Lipinski definition) is 3. The fraction of sp³-hybridized carbons (Fsp3) is 0.174. The van der Waals surface area contributed by atoms with Crippen LogP contribution in [-0.4, -0.2) is 20.6 Å². The minimum atomic E-state index is -2.76. The summed E-state index contributed by atoms with van der Waals surface area (Å²) >= 11 is 0. The van der Waals surface area contributed by atoms with E-state index in [1.165, 1.54) is 0 Å². The van der Waals surface area contributed by atoms with E-state index in [4.69, 9.17) is 0 Å². The van der Waals surface area contributed by atoms with Crippen molar-refractivity contribution in [1.82, 2.24) is 19.9 Å². The van der Waals surface area contributed by atoms with Gasteiger partial charge in [0.15, 0.2) is 0 Å². The highest BCUT2D eigenvalue weighted by atomic mass is 19.3. The van der Waals surface area contributed by atoms with Crippen molar-refractivity contribution in [3.8, 4) is 11.1 Å². The molecule has 2 heterocycles. The van der Waals surface area contributed by atoms with Gasteiger partial charge < -0.3 is 10.6 Å². The third-order valence-electron chi connectivity index (χ3n) is 4.93. The molecule has 1 unspecified atom stereocenters. The first-order valence-corrected chi connectivity index (χ1v) is 9.78. The Morgan fingerprint density at radius 3 is 2.48 bits per heavy atom. The highest BCUT2D eigenvalue weighted by Crippen LogP contribution is 2.27. The van der Waals surface area contributed by atoms with E-state index < -0.39 is 18.6 Å². The van der Waals surface area contributed by atoms with E-state index in [0.29, 0.717) is 16.7 Å². The molecule has 0 saturated carbocycles. The molecule has 8 heteroatoms. The van der Waals surface area contributed by atoms with Crippen molar-refractivity contribution in [3.05, 3.63) is 78.4 Å². The molecule has 0 radical (unpaired) electrons. The Labute approximate surface area is 178 Å². The lowest BCUT2D eigenvalue weighted by atomic mass is 10.1. The first-order valence-electron chi connectivity index (χ1n) is 9.78. The molecule has 31 heavy (non-hydrogen) atoms. The number of nitrogens with zero attached hydrogens (tertiary/aromatic N) is 3. The summed E-state index contributed by atoms with van der Waals surface area (Å²) in [6, 6.07) is 16.7. The fourth-order valence-corrected chi connectivity index (χ4v) is 3.47. The maximum Gasteiger partial charge on any atom is 0.320 e. The maximum atomic E-state index is 13.6. The third-order valence-corrected chi connectivity index (χ3v) is 4.93. The summed E-state index contributed by atoms with van der Waals surface area (Å²) in [5.74, 6) is 0.0924. The number of urea groups is 1. The number of amides is 2. The van der Waals surface area contributed by atoms with E-state index in [-0.39, 0.29) is 5.82 Å². The van der Waals surface area contributed by atoms with Crippen molar-refractivity contribution >= 4 is 22.8 Å². The molecule has 0 aliphatic carbocycles. The minimum absolute atomic E-state index is 0.0924. The van der Waals surface area contributed by atoms with Crippen molar-refractivity contribution in [2.24, 2.45) is 0 Å². The zero-order valence-electron chi connectivity index (χ0n) is 17.0. The number of aromatic nitrogens is 3. The number of carbonyl (C=O) groups is 1. The number of para-hydroxylation sites is 2. The van der Waals surface area contributed by atoms with Gasteiger partial charge in [0.2, 0.25) is 0 Å². The molecule has 4 aromatic rings. The van der Waals surface area contributed by atoms with E-state index in [0.717, 1.165) is 21.4 Å². The number of carbonyl (C=O) groups excluding carboxylic acids is 1. The van der Waals surface area contributed by atoms with Gasteiger partial charge in [0.25, 0.3) is 0 Å². The predicted octanol–water partition coefficient (Wildman–Crippen LogP) is 5.68. The van der Waals surface area contributed by atoms with Crippen molar-refractivity contribution < 1.29 is 13.6 Å². The quantitative estimate of drug-likeness (QED) is 0.435. The Morgan fingerprint density at radius 1 is 1.03 bits per heavy atom. The Balaban J connectivity index is 1.47. The molecule has 0 spiro atoms. The second kappa shape index (κ2) is 8.51. The topological polar surface area (TPSA) is 71.8 Å². The summed E-state index contributed by atoms with van der Waals surface area (Å²) in [5.41, 5.74) is 4.31. The first-order chi connectivity index (χ1) is 14.9. The Hall–Kier alpha value is -3.81. The van der Waals surface area contributed by atoms with Gasteiger partial charge >= 0.3 is 12.6 Å². The van der Waals surface area contributed by atoms with Crippen molar-refractivity contribution in [2.75, 3.05) is 5.32 Å². The SMILES string of the molecule is Cc1cc(-c2ccc(NC(=O)NC(C)c3nc4ccccc4n3C(F)F)cc2)ccn1. The number of aryl methyl sites for hydroxylation is 1. The summed E-state index contributed by atoms with van der Waals surface area (Å²) in [7, 11) is 0. The van der Waals surface area contributed by atoms with Gasteiger partial charge in [-0.2, -0.15) is 8.78 Å². The van der Waals surface area contributed by atoms with E-state index >= 15 is 0 Å². The average molecular weight is 421 g/mol. The van der Waals surface area contributed by atoms with Gasteiger partial charge in [0.05, 0.1) is 17.1 Å². The predicted molar refractivity (Wildman–Crippen MR) is 116 cm³/mol. The van der Waals surface area contributed by atoms with Crippen LogP contribution in [0, 0.1) is 6.92 Å². The van der Waals surface area contributed by atoms with Crippen LogP contribution in [0.1, 0.15) is 31.0 Å².